The maximum atomic E-state index is 10.5. The van der Waals surface area contributed by atoms with Crippen molar-refractivity contribution in [3.05, 3.63) is 53.1 Å². The fourth-order valence-electron chi connectivity index (χ4n) is 2.76. The molecule has 0 atom stereocenters. The van der Waals surface area contributed by atoms with Gasteiger partial charge in [-0.1, -0.05) is 53.7 Å². The molecule has 0 bridgehead atoms. The number of likely N-dealkylation sites (N-methyl/N-ethyl adjacent to an activating group) is 1. The minimum atomic E-state index is 0.221. The molecule has 188 valence electrons. The van der Waals surface area contributed by atoms with E-state index in [1.807, 2.05) is 41.7 Å². The van der Waals surface area contributed by atoms with Gasteiger partial charge >= 0.3 is 0 Å². The first-order chi connectivity index (χ1) is 16.0. The van der Waals surface area contributed by atoms with Crippen LogP contribution in [0.15, 0.2) is 36.4 Å². The number of rotatable bonds is 11. The van der Waals surface area contributed by atoms with Crippen LogP contribution in [0.5, 0.6) is 17.2 Å². The lowest BCUT2D eigenvalue weighted by Crippen LogP contribution is -2.14. The molecule has 2 rings (SSSR count). The number of aromatic hydroxyl groups is 1. The van der Waals surface area contributed by atoms with Crippen molar-refractivity contribution in [2.45, 2.75) is 74.1 Å². The largest absolute Gasteiger partial charge is 0.508 e. The van der Waals surface area contributed by atoms with Crippen molar-refractivity contribution in [1.29, 1.82) is 0 Å². The van der Waals surface area contributed by atoms with Crippen LogP contribution in [0.2, 0.25) is 0 Å². The Balaban J connectivity index is 0. The highest BCUT2D eigenvalue weighted by atomic mass is 16.5. The molecule has 0 aliphatic rings. The third-order valence-corrected chi connectivity index (χ3v) is 4.24. The van der Waals surface area contributed by atoms with Gasteiger partial charge in [0.15, 0.2) is 0 Å². The Morgan fingerprint density at radius 1 is 1.00 bits per heavy atom. The third kappa shape index (κ3) is 15.2. The van der Waals surface area contributed by atoms with Crippen LogP contribution in [0.25, 0.3) is 0 Å². The van der Waals surface area contributed by atoms with Crippen LogP contribution < -0.4 is 10.1 Å². The number of nitrogens with one attached hydrogen (secondary N) is 1. The quantitative estimate of drug-likeness (QED) is 0.282. The Labute approximate surface area is 202 Å². The maximum absolute atomic E-state index is 10.5. The zero-order chi connectivity index (χ0) is 25.5. The van der Waals surface area contributed by atoms with Crippen LogP contribution in [0.3, 0.4) is 0 Å². The molecule has 0 aliphatic heterocycles. The van der Waals surface area contributed by atoms with Crippen LogP contribution in [-0.2, 0) is 22.4 Å². The molecular formula is C28H47NO4. The third-order valence-electron chi connectivity index (χ3n) is 4.24. The Kier molecular flexibility index (Phi) is 22.7. The fraction of sp³-hybridized carbons (Fsp3) is 0.536. The van der Waals surface area contributed by atoms with Gasteiger partial charge in [-0.05, 0) is 74.2 Å². The summed E-state index contributed by atoms with van der Waals surface area (Å²) in [5.41, 5.74) is 3.35. The molecule has 0 amide bonds. The number of phenolic OH excluding ortho intramolecular Hbond substituents is 1. The van der Waals surface area contributed by atoms with Crippen LogP contribution in [0.4, 0.5) is 0 Å². The zero-order valence-corrected chi connectivity index (χ0v) is 22.2. The van der Waals surface area contributed by atoms with Crippen LogP contribution >= 0.6 is 0 Å². The fourth-order valence-corrected chi connectivity index (χ4v) is 2.76. The van der Waals surface area contributed by atoms with Crippen molar-refractivity contribution < 1.29 is 19.4 Å². The normalized spacial score (nSPS) is 9.33. The second-order valence-electron chi connectivity index (χ2n) is 6.77. The Bertz CT molecular complexity index is 709. The van der Waals surface area contributed by atoms with Gasteiger partial charge in [0.05, 0.1) is 6.61 Å². The van der Waals surface area contributed by atoms with Crippen molar-refractivity contribution in [2.75, 3.05) is 26.8 Å². The number of carbonyl (C=O) groups excluding carboxylic acids is 1. The number of carbonyl (C=O) groups is 1. The summed E-state index contributed by atoms with van der Waals surface area (Å²) in [4.78, 5) is 10.5. The second kappa shape index (κ2) is 22.8. The van der Waals surface area contributed by atoms with Crippen molar-refractivity contribution in [1.82, 2.24) is 5.32 Å². The summed E-state index contributed by atoms with van der Waals surface area (Å²) in [7, 11) is 1.93. The summed E-state index contributed by atoms with van der Waals surface area (Å²) in [5.74, 6) is 1.78. The Hall–Kier alpha value is -2.37. The summed E-state index contributed by atoms with van der Waals surface area (Å²) in [6.45, 7) is 16.9. The lowest BCUT2D eigenvalue weighted by atomic mass is 10.0. The molecule has 33 heavy (non-hydrogen) atoms. The molecule has 2 aromatic carbocycles. The Morgan fingerprint density at radius 2 is 1.64 bits per heavy atom. The van der Waals surface area contributed by atoms with Gasteiger partial charge in [0.1, 0.15) is 23.5 Å². The van der Waals surface area contributed by atoms with Crippen LogP contribution in [-0.4, -0.2) is 38.2 Å². The van der Waals surface area contributed by atoms with E-state index in [1.54, 1.807) is 24.3 Å². The lowest BCUT2D eigenvalue weighted by Gasteiger charge is -2.15. The summed E-state index contributed by atoms with van der Waals surface area (Å²) in [5, 5.41) is 12.3. The van der Waals surface area contributed by atoms with E-state index in [0.29, 0.717) is 12.2 Å². The van der Waals surface area contributed by atoms with Gasteiger partial charge in [-0.2, -0.15) is 0 Å². The molecule has 0 radical (unpaired) electrons. The highest BCUT2D eigenvalue weighted by Gasteiger charge is 2.10. The van der Waals surface area contributed by atoms with E-state index in [0.717, 1.165) is 67.7 Å². The molecule has 0 aromatic heterocycles. The summed E-state index contributed by atoms with van der Waals surface area (Å²) < 4.78 is 11.1. The van der Waals surface area contributed by atoms with Gasteiger partial charge in [0.25, 0.3) is 0 Å². The SMILES string of the molecule is CC.CC.CCCOCCNC.CCc1cc(CCC=O)cc(C)c1Oc1ccc(O)cc1. The molecule has 0 spiro atoms. The molecule has 0 aliphatic carbocycles. The highest BCUT2D eigenvalue weighted by molar-refractivity contribution is 5.51. The molecule has 5 heteroatoms. The predicted octanol–water partition coefficient (Wildman–Crippen LogP) is 6.87. The van der Waals surface area contributed by atoms with Crippen molar-refractivity contribution >= 4 is 6.29 Å². The molecule has 0 saturated carbocycles. The van der Waals surface area contributed by atoms with Crippen molar-refractivity contribution in [3.8, 4) is 17.2 Å². The van der Waals surface area contributed by atoms with Gasteiger partial charge in [-0.25, -0.2) is 0 Å². The maximum Gasteiger partial charge on any atom is 0.133 e. The number of ether oxygens (including phenoxy) is 2. The average molecular weight is 462 g/mol. The molecule has 0 heterocycles. The van der Waals surface area contributed by atoms with E-state index in [1.165, 1.54) is 0 Å². The zero-order valence-electron chi connectivity index (χ0n) is 22.2. The molecule has 0 saturated heterocycles. The summed E-state index contributed by atoms with van der Waals surface area (Å²) in [6, 6.07) is 10.9. The van der Waals surface area contributed by atoms with Crippen LogP contribution in [0, 0.1) is 6.92 Å². The standard InChI is InChI=1S/C18H20O3.C6H15NO.2C2H6/c1-3-15-12-14(5-4-10-19)11-13(2)18(15)21-17-8-6-16(20)7-9-17;1-3-5-8-6-4-7-2;2*1-2/h6-12,20H,3-5H2,1-2H3;7H,3-6H2,1-2H3;2*1-2H3. The molecule has 2 aromatic rings. The topological polar surface area (TPSA) is 67.8 Å². The number of phenols is 1. The Morgan fingerprint density at radius 3 is 2.15 bits per heavy atom. The van der Waals surface area contributed by atoms with Gasteiger partial charge in [-0.15, -0.1) is 0 Å². The number of hydrogen-bond acceptors (Lipinski definition) is 5. The number of aryl methyl sites for hydroxylation is 3. The first-order valence-electron chi connectivity index (χ1n) is 12.3. The predicted molar refractivity (Wildman–Crippen MR) is 141 cm³/mol. The van der Waals surface area contributed by atoms with E-state index in [-0.39, 0.29) is 5.75 Å². The average Bonchev–Trinajstić information content (AvgIpc) is 2.86. The van der Waals surface area contributed by atoms with Gasteiger partial charge < -0.3 is 24.7 Å². The van der Waals surface area contributed by atoms with E-state index in [9.17, 15) is 9.90 Å². The van der Waals surface area contributed by atoms with Crippen LogP contribution in [0.1, 0.15) is 71.1 Å². The van der Waals surface area contributed by atoms with E-state index < -0.39 is 0 Å². The van der Waals surface area contributed by atoms with E-state index >= 15 is 0 Å². The summed E-state index contributed by atoms with van der Waals surface area (Å²) >= 11 is 0. The van der Waals surface area contributed by atoms with E-state index in [2.05, 4.69) is 31.3 Å². The van der Waals surface area contributed by atoms with Crippen molar-refractivity contribution in [3.63, 3.8) is 0 Å². The first kappa shape index (κ1) is 32.8. The second-order valence-corrected chi connectivity index (χ2v) is 6.77. The minimum Gasteiger partial charge on any atom is -0.508 e. The smallest absolute Gasteiger partial charge is 0.133 e. The number of aldehydes is 1. The van der Waals surface area contributed by atoms with Gasteiger partial charge in [0, 0.05) is 19.6 Å². The molecular weight excluding hydrogens is 414 g/mol. The first-order valence-corrected chi connectivity index (χ1v) is 12.3. The summed E-state index contributed by atoms with van der Waals surface area (Å²) in [6.07, 6.45) is 4.23. The lowest BCUT2D eigenvalue weighted by molar-refractivity contribution is -0.107. The highest BCUT2D eigenvalue weighted by Crippen LogP contribution is 2.31. The molecule has 0 fully saturated rings. The molecule has 5 nitrogen and oxygen atoms in total. The molecule has 2 N–H and O–H groups in total. The minimum absolute atomic E-state index is 0.221. The van der Waals surface area contributed by atoms with Gasteiger partial charge in [0.2, 0.25) is 0 Å². The van der Waals surface area contributed by atoms with E-state index in [4.69, 9.17) is 9.47 Å². The number of benzene rings is 2. The monoisotopic (exact) mass is 461 g/mol. The van der Waals surface area contributed by atoms with Crippen molar-refractivity contribution in [2.24, 2.45) is 0 Å². The molecule has 0 unspecified atom stereocenters. The van der Waals surface area contributed by atoms with Gasteiger partial charge in [-0.3, -0.25) is 0 Å². The number of hydrogen-bond donors (Lipinski definition) is 2.